The Kier molecular flexibility index (Phi) is 7.47. The van der Waals surface area contributed by atoms with Gasteiger partial charge in [0, 0.05) is 6.42 Å². The van der Waals surface area contributed by atoms with Crippen LogP contribution < -0.4 is 17.0 Å². The van der Waals surface area contributed by atoms with Crippen molar-refractivity contribution in [3.05, 3.63) is 29.3 Å². The number of halogens is 1. The molecule has 242 valence electrons. The van der Waals surface area contributed by atoms with Crippen LogP contribution in [-0.2, 0) is 36.9 Å². The number of nitrogens with one attached hydrogen (secondary N) is 1. The molecule has 0 spiro atoms. The normalized spacial score (nSPS) is 36.3. The fraction of sp³-hybridized carbons (Fsp3) is 0.524. The van der Waals surface area contributed by atoms with Crippen LogP contribution in [-0.4, -0.2) is 99.0 Å². The summed E-state index contributed by atoms with van der Waals surface area (Å²) in [5.74, 6) is -0.191. The van der Waals surface area contributed by atoms with Gasteiger partial charge in [-0.25, -0.2) is 28.9 Å². The van der Waals surface area contributed by atoms with Crippen LogP contribution in [0.15, 0.2) is 23.8 Å². The zero-order valence-corrected chi connectivity index (χ0v) is 24.5. The number of aromatic nitrogens is 8. The summed E-state index contributed by atoms with van der Waals surface area (Å²) in [5.41, 5.74) is 11.0. The maximum absolute atomic E-state index is 15.9. The third-order valence-corrected chi connectivity index (χ3v) is 9.40. The van der Waals surface area contributed by atoms with Crippen molar-refractivity contribution in [3.8, 4) is 0 Å². The molecular formula is C21H25FN10O11P2. The number of hydrogen-bond donors (Lipinski definition) is 5. The first-order valence-corrected chi connectivity index (χ1v) is 16.5. The summed E-state index contributed by atoms with van der Waals surface area (Å²) >= 11 is 0. The first kappa shape index (κ1) is 30.2. The van der Waals surface area contributed by atoms with Crippen LogP contribution in [0.2, 0.25) is 0 Å². The van der Waals surface area contributed by atoms with Crippen LogP contribution in [0.4, 0.5) is 16.2 Å². The molecule has 24 heteroatoms. The van der Waals surface area contributed by atoms with E-state index in [1.807, 2.05) is 0 Å². The lowest BCUT2D eigenvalue weighted by molar-refractivity contribution is -0.0614. The summed E-state index contributed by atoms with van der Waals surface area (Å²) in [6, 6.07) is 0. The van der Waals surface area contributed by atoms with Crippen molar-refractivity contribution in [1.82, 2.24) is 39.0 Å². The van der Waals surface area contributed by atoms with Gasteiger partial charge in [0.2, 0.25) is 5.95 Å². The molecule has 0 aromatic carbocycles. The Hall–Kier alpha value is -3.43. The summed E-state index contributed by atoms with van der Waals surface area (Å²) in [6.45, 7) is -1.25. The minimum absolute atomic E-state index is 0.0227. The lowest BCUT2D eigenvalue weighted by atomic mass is 10.1. The van der Waals surface area contributed by atoms with Gasteiger partial charge in [0.1, 0.15) is 36.5 Å². The van der Waals surface area contributed by atoms with Gasteiger partial charge in [0.25, 0.3) is 5.56 Å². The summed E-state index contributed by atoms with van der Waals surface area (Å²) in [7, 11) is -9.45. The number of nitrogens with two attached hydrogens (primary N) is 2. The van der Waals surface area contributed by atoms with Crippen LogP contribution >= 0.6 is 15.4 Å². The Balaban J connectivity index is 1.18. The van der Waals surface area contributed by atoms with Crippen molar-refractivity contribution in [2.75, 3.05) is 31.0 Å². The highest BCUT2D eigenvalue weighted by molar-refractivity contribution is 7.52. The van der Waals surface area contributed by atoms with Gasteiger partial charge in [-0.15, -0.1) is 0 Å². The number of anilines is 2. The van der Waals surface area contributed by atoms with Gasteiger partial charge in [-0.2, -0.15) is 4.98 Å². The molecule has 7 rings (SSSR count). The second kappa shape index (κ2) is 11.1. The minimum Gasteiger partial charge on any atom is -0.382 e. The maximum atomic E-state index is 15.9. The van der Waals surface area contributed by atoms with E-state index < -0.39 is 83.6 Å². The van der Waals surface area contributed by atoms with Crippen LogP contribution in [0.3, 0.4) is 0 Å². The van der Waals surface area contributed by atoms with Gasteiger partial charge in [0.05, 0.1) is 32.0 Å². The second-order valence-electron chi connectivity index (χ2n) is 10.4. The number of phosphoric ester groups is 1. The number of phosphoric acid groups is 1. The molecule has 7 N–H and O–H groups in total. The van der Waals surface area contributed by atoms with Gasteiger partial charge in [-0.3, -0.25) is 32.5 Å². The SMILES string of the molecule is Nc1nc2c(ncn2[C@@H]2O[C@@H]3COP(=O)(O)CO[C@H]4[C@@H](F)[C@H](n5cnc6c(N)ncnc65)O[C@@H]4COP(=O)(O)O[C@@H]2C3)c(=O)[nH]1. The minimum atomic E-state index is -4.93. The lowest BCUT2D eigenvalue weighted by Gasteiger charge is -2.24. The third-order valence-electron chi connectivity index (χ3n) is 7.36. The van der Waals surface area contributed by atoms with E-state index in [2.05, 4.69) is 29.9 Å². The van der Waals surface area contributed by atoms with Crippen molar-refractivity contribution in [2.24, 2.45) is 0 Å². The van der Waals surface area contributed by atoms with E-state index >= 15 is 4.39 Å². The van der Waals surface area contributed by atoms with E-state index in [-0.39, 0.29) is 40.5 Å². The van der Waals surface area contributed by atoms with E-state index in [4.69, 9.17) is 39.2 Å². The molecule has 4 aromatic rings. The molecule has 0 amide bonds. The molecule has 21 nitrogen and oxygen atoms in total. The third kappa shape index (κ3) is 5.63. The molecular weight excluding hydrogens is 649 g/mol. The monoisotopic (exact) mass is 674 g/mol. The number of fused-ring (bicyclic) bond motifs is 5. The number of rotatable bonds is 2. The molecule has 0 aliphatic carbocycles. The van der Waals surface area contributed by atoms with Crippen LogP contribution in [0.1, 0.15) is 18.9 Å². The molecule has 4 aromatic heterocycles. The molecule has 3 saturated heterocycles. The number of ether oxygens (including phenoxy) is 3. The predicted octanol–water partition coefficient (Wildman–Crippen LogP) is -0.293. The number of nitrogens with zero attached hydrogens (tertiary/aromatic N) is 7. The van der Waals surface area contributed by atoms with Crippen LogP contribution in [0, 0.1) is 0 Å². The zero-order valence-electron chi connectivity index (χ0n) is 22.7. The number of H-pyrrole nitrogens is 1. The Morgan fingerprint density at radius 3 is 2.51 bits per heavy atom. The largest absolute Gasteiger partial charge is 0.472 e. The number of imidazole rings is 2. The van der Waals surface area contributed by atoms with Gasteiger partial charge in [0.15, 0.2) is 41.3 Å². The summed E-state index contributed by atoms with van der Waals surface area (Å²) in [4.78, 5) is 55.9. The number of aromatic amines is 1. The van der Waals surface area contributed by atoms with Crippen molar-refractivity contribution in [2.45, 2.75) is 49.5 Å². The second-order valence-corrected chi connectivity index (χ2v) is 13.6. The van der Waals surface area contributed by atoms with E-state index in [0.29, 0.717) is 0 Å². The summed E-state index contributed by atoms with van der Waals surface area (Å²) in [5, 5.41) is 0. The highest BCUT2D eigenvalue weighted by Crippen LogP contribution is 2.52. The Bertz CT molecular complexity index is 1920. The lowest BCUT2D eigenvalue weighted by Crippen LogP contribution is -2.35. The van der Waals surface area contributed by atoms with Gasteiger partial charge < -0.3 is 40.0 Å². The average Bonchev–Trinajstić information content (AvgIpc) is 3.74. The standard InChI is InChI=1S/C21H25FN10O11P2/c22-11-14-10(42-20(11)31-5-27-12-15(23)25-4-26-16(12)31)3-40-45(36,37)43-9-1-8(2-39-44(34,35)7-38-14)41-19(9)32-6-28-13-17(32)29-21(24)30-18(13)33/h4-6,8-11,14,19-20H,1-3,7H2,(H,34,35)(H,36,37)(H2,23,25,26)(H3,24,29,30,33)/t8-,9+,10+,11+,14+,19+,20+/m0/s1. The number of nitrogen functional groups attached to an aromatic ring is 2. The summed E-state index contributed by atoms with van der Waals surface area (Å²) in [6.07, 6.45) is -7.45. The first-order chi connectivity index (χ1) is 21.4. The van der Waals surface area contributed by atoms with Gasteiger partial charge in [-0.1, -0.05) is 0 Å². The van der Waals surface area contributed by atoms with Gasteiger partial charge in [-0.05, 0) is 0 Å². The molecule has 2 unspecified atom stereocenters. The molecule has 2 bridgehead atoms. The molecule has 3 aliphatic rings. The quantitative estimate of drug-likeness (QED) is 0.171. The molecule has 45 heavy (non-hydrogen) atoms. The average molecular weight is 674 g/mol. The highest BCUT2D eigenvalue weighted by atomic mass is 31.2. The molecule has 3 aliphatic heterocycles. The Morgan fingerprint density at radius 2 is 1.71 bits per heavy atom. The summed E-state index contributed by atoms with van der Waals surface area (Å²) < 4.78 is 77.5. The smallest absolute Gasteiger partial charge is 0.382 e. The zero-order chi connectivity index (χ0) is 31.7. The Morgan fingerprint density at radius 1 is 0.956 bits per heavy atom. The number of hydrogen-bond acceptors (Lipinski definition) is 16. The molecule has 3 fully saturated rings. The molecule has 0 saturated carbocycles. The molecule has 9 atom stereocenters. The fourth-order valence-corrected chi connectivity index (χ4v) is 7.15. The first-order valence-electron chi connectivity index (χ1n) is 13.2. The van der Waals surface area contributed by atoms with Crippen LogP contribution in [0.5, 0.6) is 0 Å². The molecule has 0 radical (unpaired) electrons. The van der Waals surface area contributed by atoms with E-state index in [1.165, 1.54) is 21.8 Å². The Labute approximate surface area is 249 Å². The highest BCUT2D eigenvalue weighted by Gasteiger charge is 2.50. The van der Waals surface area contributed by atoms with E-state index in [0.717, 1.165) is 6.33 Å². The van der Waals surface area contributed by atoms with Crippen LogP contribution in [0.25, 0.3) is 22.3 Å². The molecule has 7 heterocycles. The van der Waals surface area contributed by atoms with Crippen molar-refractivity contribution in [3.63, 3.8) is 0 Å². The maximum Gasteiger partial charge on any atom is 0.472 e. The van der Waals surface area contributed by atoms with E-state index in [1.54, 1.807) is 0 Å². The fourth-order valence-electron chi connectivity index (χ4n) is 5.39. The van der Waals surface area contributed by atoms with Crippen molar-refractivity contribution < 1.29 is 51.1 Å². The number of alkyl halides is 1. The van der Waals surface area contributed by atoms with Gasteiger partial charge >= 0.3 is 15.4 Å². The van der Waals surface area contributed by atoms with Crippen molar-refractivity contribution >= 4 is 49.5 Å². The topological polar surface area (TPSA) is 289 Å². The van der Waals surface area contributed by atoms with Crippen molar-refractivity contribution in [1.29, 1.82) is 0 Å². The predicted molar refractivity (Wildman–Crippen MR) is 146 cm³/mol. The van der Waals surface area contributed by atoms with E-state index in [9.17, 15) is 23.7 Å².